The van der Waals surface area contributed by atoms with E-state index in [1.165, 1.54) is 11.1 Å². The normalized spacial score (nSPS) is 22.9. The topological polar surface area (TPSA) is 51.1 Å². The number of carbonyl (C=O) groups is 1. The first kappa shape index (κ1) is 17.7. The average Bonchev–Trinajstić information content (AvgIpc) is 3.26. The van der Waals surface area contributed by atoms with Gasteiger partial charge in [-0.25, -0.2) is 0 Å². The molecule has 143 valence electrons. The first-order valence-corrected chi connectivity index (χ1v) is 9.88. The van der Waals surface area contributed by atoms with Gasteiger partial charge in [0.25, 0.3) is 11.9 Å². The summed E-state index contributed by atoms with van der Waals surface area (Å²) in [5, 5.41) is 0.658. The van der Waals surface area contributed by atoms with Gasteiger partial charge >= 0.3 is 0 Å². The minimum absolute atomic E-state index is 0.217. The maximum absolute atomic E-state index is 12.3. The zero-order valence-corrected chi connectivity index (χ0v) is 16.1. The molecule has 0 N–H and O–H groups in total. The van der Waals surface area contributed by atoms with E-state index in [1.54, 1.807) is 18.6 Å². The number of rotatable bonds is 2. The van der Waals surface area contributed by atoms with Crippen molar-refractivity contribution in [1.29, 1.82) is 0 Å². The van der Waals surface area contributed by atoms with Crippen LogP contribution in [0.25, 0.3) is 0 Å². The Bertz CT molecular complexity index is 933. The molecule has 1 amide bonds. The summed E-state index contributed by atoms with van der Waals surface area (Å²) in [4.78, 5) is 18.5. The van der Waals surface area contributed by atoms with Crippen LogP contribution in [0.1, 0.15) is 29.5 Å². The molecule has 3 aliphatic rings. The molecule has 5 rings (SSSR count). The number of aliphatic imine (C=N–C) groups is 1. The zero-order valence-electron chi connectivity index (χ0n) is 15.3. The van der Waals surface area contributed by atoms with E-state index in [0.29, 0.717) is 17.7 Å². The predicted octanol–water partition coefficient (Wildman–Crippen LogP) is 3.70. The van der Waals surface area contributed by atoms with E-state index in [1.807, 2.05) is 17.0 Å². The number of likely N-dealkylation sites (tertiary alicyclic amines) is 1. The molecule has 2 aromatic rings. The lowest BCUT2D eigenvalue weighted by atomic mass is 9.84. The van der Waals surface area contributed by atoms with Crippen LogP contribution in [0.2, 0.25) is 5.02 Å². The van der Waals surface area contributed by atoms with Gasteiger partial charge in [-0.15, -0.1) is 0 Å². The first-order chi connectivity index (χ1) is 13.6. The molecule has 1 saturated heterocycles. The Hall–Kier alpha value is -2.37. The number of hydrogen-bond donors (Lipinski definition) is 0. The molecular weight excluding hydrogens is 376 g/mol. The van der Waals surface area contributed by atoms with Crippen molar-refractivity contribution in [2.45, 2.75) is 31.2 Å². The molecule has 1 spiro atoms. The molecule has 1 atom stereocenters. The van der Waals surface area contributed by atoms with E-state index in [9.17, 15) is 4.79 Å². The quantitative estimate of drug-likeness (QED) is 0.778. The third-order valence-corrected chi connectivity index (χ3v) is 6.00. The Balaban J connectivity index is 1.23. The van der Waals surface area contributed by atoms with Gasteiger partial charge in [0, 0.05) is 24.5 Å². The molecule has 6 heteroatoms. The lowest BCUT2D eigenvalue weighted by Gasteiger charge is -2.39. The second-order valence-electron chi connectivity index (χ2n) is 7.42. The van der Waals surface area contributed by atoms with E-state index >= 15 is 0 Å². The fraction of sp³-hybridized carbons (Fsp3) is 0.318. The van der Waals surface area contributed by atoms with Crippen LogP contribution in [0.5, 0.6) is 0 Å². The van der Waals surface area contributed by atoms with Crippen molar-refractivity contribution in [2.24, 2.45) is 4.99 Å². The fourth-order valence-corrected chi connectivity index (χ4v) is 4.33. The second kappa shape index (κ2) is 6.90. The molecule has 28 heavy (non-hydrogen) atoms. The molecule has 1 fully saturated rings. The van der Waals surface area contributed by atoms with E-state index in [4.69, 9.17) is 21.1 Å². The van der Waals surface area contributed by atoms with Gasteiger partial charge in [-0.1, -0.05) is 48.0 Å². The maximum atomic E-state index is 12.3. The molecule has 3 aliphatic heterocycles. The molecule has 1 unspecified atom stereocenters. The number of ether oxygens (including phenoxy) is 2. The Morgan fingerprint density at radius 2 is 1.86 bits per heavy atom. The number of halogens is 1. The van der Waals surface area contributed by atoms with Crippen molar-refractivity contribution in [1.82, 2.24) is 4.90 Å². The van der Waals surface area contributed by atoms with Gasteiger partial charge < -0.3 is 14.4 Å². The van der Waals surface area contributed by atoms with Crippen LogP contribution in [0.4, 0.5) is 0 Å². The van der Waals surface area contributed by atoms with E-state index in [0.717, 1.165) is 31.5 Å². The Morgan fingerprint density at radius 3 is 2.64 bits per heavy atom. The highest BCUT2D eigenvalue weighted by atomic mass is 35.5. The monoisotopic (exact) mass is 395 g/mol. The average molecular weight is 396 g/mol. The molecule has 0 saturated carbocycles. The molecule has 0 aromatic heterocycles. The van der Waals surface area contributed by atoms with Crippen LogP contribution >= 0.6 is 11.6 Å². The number of nitrogens with zero attached hydrogens (tertiary/aromatic N) is 2. The number of carbonyl (C=O) groups excluding carboxylic acids is 1. The summed E-state index contributed by atoms with van der Waals surface area (Å²) in [7, 11) is 0. The van der Waals surface area contributed by atoms with Gasteiger partial charge in [0.15, 0.2) is 6.10 Å². The largest absolute Gasteiger partial charge is 0.451 e. The minimum atomic E-state index is -0.685. The summed E-state index contributed by atoms with van der Waals surface area (Å²) in [6.45, 7) is 2.16. The highest BCUT2D eigenvalue weighted by molar-refractivity contribution is 6.30. The summed E-state index contributed by atoms with van der Waals surface area (Å²) >= 11 is 5.91. The first-order valence-electron chi connectivity index (χ1n) is 9.50. The maximum Gasteiger partial charge on any atom is 0.296 e. The van der Waals surface area contributed by atoms with Gasteiger partial charge in [0.2, 0.25) is 0 Å². The summed E-state index contributed by atoms with van der Waals surface area (Å²) in [6.07, 6.45) is 2.80. The van der Waals surface area contributed by atoms with Crippen molar-refractivity contribution < 1.29 is 14.3 Å². The van der Waals surface area contributed by atoms with Crippen molar-refractivity contribution >= 4 is 23.5 Å². The van der Waals surface area contributed by atoms with Gasteiger partial charge in [0.05, 0.1) is 12.2 Å². The molecular formula is C22H20ClN2O3. The number of benzene rings is 2. The Labute approximate surface area is 168 Å². The van der Waals surface area contributed by atoms with E-state index in [-0.39, 0.29) is 11.5 Å². The second-order valence-corrected chi connectivity index (χ2v) is 7.85. The molecule has 5 nitrogen and oxygen atoms in total. The zero-order chi connectivity index (χ0) is 19.1. The summed E-state index contributed by atoms with van der Waals surface area (Å²) < 4.78 is 12.1. The van der Waals surface area contributed by atoms with Crippen LogP contribution in [-0.4, -0.2) is 36.0 Å². The number of hydrogen-bond acceptors (Lipinski definition) is 4. The lowest BCUT2D eigenvalue weighted by molar-refractivity contribution is -0.121. The molecule has 3 heterocycles. The third kappa shape index (κ3) is 3.09. The third-order valence-electron chi connectivity index (χ3n) is 5.75. The van der Waals surface area contributed by atoms with Crippen LogP contribution in [0.15, 0.2) is 53.5 Å². The van der Waals surface area contributed by atoms with Crippen molar-refractivity contribution in [3.8, 4) is 0 Å². The summed E-state index contributed by atoms with van der Waals surface area (Å²) in [5.74, 6) is -0.271. The SMILES string of the molecule is O=C1N=C(N2CCC3(CC2)OCc2ccccc23)OC1[CH]c1ccc(Cl)cc1. The van der Waals surface area contributed by atoms with E-state index in [2.05, 4.69) is 29.3 Å². The van der Waals surface area contributed by atoms with Gasteiger partial charge in [-0.2, -0.15) is 4.99 Å². The Kier molecular flexibility index (Phi) is 4.37. The number of piperidine rings is 1. The van der Waals surface area contributed by atoms with Crippen LogP contribution in [0.3, 0.4) is 0 Å². The number of amides is 1. The van der Waals surface area contributed by atoms with Crippen LogP contribution < -0.4 is 0 Å². The number of amidine groups is 1. The van der Waals surface area contributed by atoms with Crippen molar-refractivity contribution in [3.63, 3.8) is 0 Å². The molecule has 1 radical (unpaired) electrons. The standard InChI is InChI=1S/C22H20ClN2O3/c23-17-7-5-15(6-8-17)13-19-20(26)24-21(28-19)25-11-9-22(10-12-25)18-4-2-1-3-16(18)14-27-22/h1-8,13,19H,9-12,14H2. The Morgan fingerprint density at radius 1 is 1.11 bits per heavy atom. The fourth-order valence-electron chi connectivity index (χ4n) is 4.20. The lowest BCUT2D eigenvalue weighted by Crippen LogP contribution is -2.45. The van der Waals surface area contributed by atoms with Crippen LogP contribution in [0, 0.1) is 6.42 Å². The molecule has 0 bridgehead atoms. The summed E-state index contributed by atoms with van der Waals surface area (Å²) in [5.41, 5.74) is 3.24. The van der Waals surface area contributed by atoms with Gasteiger partial charge in [0.1, 0.15) is 0 Å². The summed E-state index contributed by atoms with van der Waals surface area (Å²) in [6, 6.07) is 16.1. The highest BCUT2D eigenvalue weighted by Gasteiger charge is 2.44. The highest BCUT2D eigenvalue weighted by Crippen LogP contribution is 2.44. The van der Waals surface area contributed by atoms with Gasteiger partial charge in [-0.3, -0.25) is 4.79 Å². The van der Waals surface area contributed by atoms with Crippen molar-refractivity contribution in [2.75, 3.05) is 13.1 Å². The number of fused-ring (bicyclic) bond motifs is 2. The molecule has 0 aliphatic carbocycles. The van der Waals surface area contributed by atoms with Crippen LogP contribution in [-0.2, 0) is 26.5 Å². The minimum Gasteiger partial charge on any atom is -0.451 e. The molecule has 2 aromatic carbocycles. The van der Waals surface area contributed by atoms with E-state index < -0.39 is 6.10 Å². The van der Waals surface area contributed by atoms with Crippen molar-refractivity contribution in [3.05, 3.63) is 76.7 Å². The van der Waals surface area contributed by atoms with Gasteiger partial charge in [-0.05, 0) is 41.7 Å². The smallest absolute Gasteiger partial charge is 0.296 e. The predicted molar refractivity (Wildman–Crippen MR) is 106 cm³/mol.